The Labute approximate surface area is 168 Å². The van der Waals surface area contributed by atoms with E-state index in [4.69, 9.17) is 4.74 Å². The number of urea groups is 1. The molecule has 0 spiro atoms. The number of hydrogen-bond donors (Lipinski definition) is 2. The van der Waals surface area contributed by atoms with Gasteiger partial charge in [-0.2, -0.15) is 0 Å². The highest BCUT2D eigenvalue weighted by Gasteiger charge is 2.23. The topological polar surface area (TPSA) is 131 Å². The van der Waals surface area contributed by atoms with Gasteiger partial charge in [0, 0.05) is 25.7 Å². The van der Waals surface area contributed by atoms with Crippen LogP contribution < -0.4 is 15.5 Å². The summed E-state index contributed by atoms with van der Waals surface area (Å²) < 4.78 is 4.87. The maximum absolute atomic E-state index is 12.2. The molecule has 0 bridgehead atoms. The number of hydrogen-bond acceptors (Lipinski definition) is 7. The molecule has 1 fully saturated rings. The van der Waals surface area contributed by atoms with Crippen LogP contribution in [0.5, 0.6) is 0 Å². The summed E-state index contributed by atoms with van der Waals surface area (Å²) in [4.78, 5) is 48.2. The Balaban J connectivity index is 2.01. The number of carbonyl (C=O) groups is 3. The molecule has 0 unspecified atom stereocenters. The van der Waals surface area contributed by atoms with E-state index in [9.17, 15) is 24.5 Å². The van der Waals surface area contributed by atoms with Crippen molar-refractivity contribution in [1.82, 2.24) is 10.6 Å². The average Bonchev–Trinajstić information content (AvgIpc) is 2.99. The number of nitrogens with zero attached hydrogens (tertiary/aromatic N) is 2. The quantitative estimate of drug-likeness (QED) is 0.404. The molecule has 29 heavy (non-hydrogen) atoms. The first kappa shape index (κ1) is 22.1. The number of nitro groups is 1. The molecule has 1 aliphatic heterocycles. The smallest absolute Gasteiger partial charge is 0.338 e. The van der Waals surface area contributed by atoms with Crippen LogP contribution >= 0.6 is 0 Å². The number of esters is 1. The number of nitro benzene ring substituents is 1. The molecule has 0 saturated carbocycles. The summed E-state index contributed by atoms with van der Waals surface area (Å²) in [5.41, 5.74) is 0.266. The van der Waals surface area contributed by atoms with Gasteiger partial charge in [0.05, 0.1) is 10.5 Å². The minimum atomic E-state index is -0.875. The number of nitrogens with one attached hydrogen (secondary N) is 2. The molecule has 3 amide bonds. The summed E-state index contributed by atoms with van der Waals surface area (Å²) in [5, 5.41) is 16.0. The van der Waals surface area contributed by atoms with Crippen molar-refractivity contribution in [2.75, 3.05) is 31.1 Å². The second-order valence-electron chi connectivity index (χ2n) is 6.74. The van der Waals surface area contributed by atoms with E-state index in [-0.39, 0.29) is 11.3 Å². The van der Waals surface area contributed by atoms with Crippen LogP contribution in [-0.4, -0.2) is 49.1 Å². The first-order chi connectivity index (χ1) is 13.9. The predicted octanol–water partition coefficient (Wildman–Crippen LogP) is 2.37. The van der Waals surface area contributed by atoms with Crippen LogP contribution in [0.2, 0.25) is 0 Å². The van der Waals surface area contributed by atoms with Crippen molar-refractivity contribution < 1.29 is 24.0 Å². The van der Waals surface area contributed by atoms with Gasteiger partial charge in [-0.05, 0) is 31.4 Å². The monoisotopic (exact) mass is 406 g/mol. The molecule has 1 saturated heterocycles. The molecule has 2 N–H and O–H groups in total. The largest absolute Gasteiger partial charge is 0.452 e. The van der Waals surface area contributed by atoms with Crippen molar-refractivity contribution in [2.24, 2.45) is 0 Å². The Bertz CT molecular complexity index is 759. The SMILES string of the molecule is CCCNC(=O)NC(=O)COC(=O)c1ccc(N2CCCCCC2)c([N+](=O)[O-])c1. The van der Waals surface area contributed by atoms with Crippen molar-refractivity contribution >= 4 is 29.3 Å². The number of anilines is 1. The third-order valence-corrected chi connectivity index (χ3v) is 4.48. The molecule has 1 heterocycles. The molecule has 0 aromatic heterocycles. The van der Waals surface area contributed by atoms with Crippen LogP contribution in [0.3, 0.4) is 0 Å². The Hall–Kier alpha value is -3.17. The number of amides is 3. The maximum Gasteiger partial charge on any atom is 0.338 e. The first-order valence-corrected chi connectivity index (χ1v) is 9.70. The van der Waals surface area contributed by atoms with Crippen molar-refractivity contribution in [3.05, 3.63) is 33.9 Å². The van der Waals surface area contributed by atoms with Crippen LogP contribution in [0.25, 0.3) is 0 Å². The fraction of sp³-hybridized carbons (Fsp3) is 0.526. The van der Waals surface area contributed by atoms with E-state index in [0.29, 0.717) is 18.7 Å². The standard InChI is InChI=1S/C19H26N4O6/c1-2-9-20-19(26)21-17(24)13-29-18(25)14-7-8-15(16(12-14)23(27)28)22-10-5-3-4-6-11-22/h7-8,12H,2-6,9-11,13H2,1H3,(H2,20,21,24,26). The fourth-order valence-electron chi connectivity index (χ4n) is 3.04. The van der Waals surface area contributed by atoms with Gasteiger partial charge in [0.2, 0.25) is 0 Å². The Morgan fingerprint density at radius 2 is 1.86 bits per heavy atom. The summed E-state index contributed by atoms with van der Waals surface area (Å²) in [6, 6.07) is 3.47. The molecular formula is C19H26N4O6. The molecule has 1 aromatic rings. The Kier molecular flexibility index (Phi) is 8.38. The average molecular weight is 406 g/mol. The summed E-state index contributed by atoms with van der Waals surface area (Å²) in [5.74, 6) is -1.66. The molecule has 0 atom stereocenters. The van der Waals surface area contributed by atoms with Crippen LogP contribution in [0.4, 0.5) is 16.2 Å². The lowest BCUT2D eigenvalue weighted by atomic mass is 10.1. The third kappa shape index (κ3) is 6.74. The predicted molar refractivity (Wildman–Crippen MR) is 106 cm³/mol. The number of imide groups is 1. The Morgan fingerprint density at radius 3 is 2.48 bits per heavy atom. The zero-order valence-corrected chi connectivity index (χ0v) is 16.4. The van der Waals surface area contributed by atoms with Crippen LogP contribution in [-0.2, 0) is 9.53 Å². The van der Waals surface area contributed by atoms with E-state index in [1.54, 1.807) is 0 Å². The van der Waals surface area contributed by atoms with E-state index in [2.05, 4.69) is 5.32 Å². The molecule has 1 aromatic carbocycles. The second kappa shape index (κ2) is 11.0. The lowest BCUT2D eigenvalue weighted by Gasteiger charge is -2.22. The zero-order valence-electron chi connectivity index (χ0n) is 16.4. The number of rotatable bonds is 7. The van der Waals surface area contributed by atoms with Crippen LogP contribution in [0.15, 0.2) is 18.2 Å². The Morgan fingerprint density at radius 1 is 1.17 bits per heavy atom. The van der Waals surface area contributed by atoms with Gasteiger partial charge in [-0.1, -0.05) is 19.8 Å². The molecule has 158 valence electrons. The van der Waals surface area contributed by atoms with Crippen molar-refractivity contribution in [3.8, 4) is 0 Å². The zero-order chi connectivity index (χ0) is 21.2. The highest BCUT2D eigenvalue weighted by atomic mass is 16.6. The molecule has 0 aliphatic carbocycles. The molecular weight excluding hydrogens is 380 g/mol. The van der Waals surface area contributed by atoms with Gasteiger partial charge >= 0.3 is 12.0 Å². The molecule has 0 radical (unpaired) electrons. The maximum atomic E-state index is 12.2. The van der Waals surface area contributed by atoms with Gasteiger partial charge in [-0.15, -0.1) is 0 Å². The van der Waals surface area contributed by atoms with Crippen molar-refractivity contribution in [2.45, 2.75) is 39.0 Å². The summed E-state index contributed by atoms with van der Waals surface area (Å²) in [6.07, 6.45) is 4.81. The molecule has 10 nitrogen and oxygen atoms in total. The van der Waals surface area contributed by atoms with Crippen molar-refractivity contribution in [3.63, 3.8) is 0 Å². The lowest BCUT2D eigenvalue weighted by Crippen LogP contribution is -2.41. The van der Waals surface area contributed by atoms with E-state index >= 15 is 0 Å². The van der Waals surface area contributed by atoms with Gasteiger partial charge < -0.3 is 15.0 Å². The second-order valence-corrected chi connectivity index (χ2v) is 6.74. The molecule has 2 rings (SSSR count). The summed E-state index contributed by atoms with van der Waals surface area (Å²) >= 11 is 0. The van der Waals surface area contributed by atoms with E-state index < -0.39 is 29.4 Å². The summed E-state index contributed by atoms with van der Waals surface area (Å²) in [7, 11) is 0. The first-order valence-electron chi connectivity index (χ1n) is 9.70. The molecule has 1 aliphatic rings. The number of ether oxygens (including phenoxy) is 1. The fourth-order valence-corrected chi connectivity index (χ4v) is 3.04. The number of benzene rings is 1. The van der Waals surface area contributed by atoms with Gasteiger partial charge in [0.1, 0.15) is 5.69 Å². The van der Waals surface area contributed by atoms with Gasteiger partial charge in [-0.25, -0.2) is 9.59 Å². The van der Waals surface area contributed by atoms with Crippen LogP contribution in [0.1, 0.15) is 49.4 Å². The van der Waals surface area contributed by atoms with E-state index in [1.165, 1.54) is 12.1 Å². The van der Waals surface area contributed by atoms with Gasteiger partial charge in [-0.3, -0.25) is 20.2 Å². The lowest BCUT2D eigenvalue weighted by molar-refractivity contribution is -0.384. The highest BCUT2D eigenvalue weighted by Crippen LogP contribution is 2.31. The highest BCUT2D eigenvalue weighted by molar-refractivity contribution is 5.97. The molecule has 10 heteroatoms. The number of carbonyl (C=O) groups excluding carboxylic acids is 3. The van der Waals surface area contributed by atoms with E-state index in [1.807, 2.05) is 17.1 Å². The van der Waals surface area contributed by atoms with E-state index in [0.717, 1.165) is 44.8 Å². The van der Waals surface area contributed by atoms with Crippen molar-refractivity contribution in [1.29, 1.82) is 0 Å². The minimum Gasteiger partial charge on any atom is -0.452 e. The normalized spacial score (nSPS) is 13.9. The van der Waals surface area contributed by atoms with Gasteiger partial charge in [0.15, 0.2) is 6.61 Å². The summed E-state index contributed by atoms with van der Waals surface area (Å²) in [6.45, 7) is 3.06. The minimum absolute atomic E-state index is 0.0292. The third-order valence-electron chi connectivity index (χ3n) is 4.48. The van der Waals surface area contributed by atoms with Crippen LogP contribution in [0, 0.1) is 10.1 Å². The van der Waals surface area contributed by atoms with Gasteiger partial charge in [0.25, 0.3) is 11.6 Å².